The van der Waals surface area contributed by atoms with Crippen LogP contribution in [0.25, 0.3) is 10.2 Å². The fraction of sp³-hybridized carbons (Fsp3) is 0.350. The van der Waals surface area contributed by atoms with Gasteiger partial charge in [-0.15, -0.1) is 11.3 Å². The van der Waals surface area contributed by atoms with Gasteiger partial charge in [0, 0.05) is 31.9 Å². The Morgan fingerprint density at radius 1 is 1.17 bits per heavy atom. The number of hydrogen-bond donors (Lipinski definition) is 2. The summed E-state index contributed by atoms with van der Waals surface area (Å²) in [5.41, 5.74) is 8.81. The van der Waals surface area contributed by atoms with Gasteiger partial charge in [-0.2, -0.15) is 4.98 Å². The fourth-order valence-corrected chi connectivity index (χ4v) is 4.45. The molecule has 0 atom stereocenters. The number of rotatable bonds is 3. The van der Waals surface area contributed by atoms with E-state index in [0.717, 1.165) is 38.6 Å². The number of aryl methyl sites for hydroxylation is 2. The van der Waals surface area contributed by atoms with Crippen molar-refractivity contribution in [1.82, 2.24) is 14.9 Å². The van der Waals surface area contributed by atoms with Gasteiger partial charge < -0.3 is 25.6 Å². The van der Waals surface area contributed by atoms with Crippen molar-refractivity contribution >= 4 is 45.0 Å². The van der Waals surface area contributed by atoms with Crippen LogP contribution in [0.1, 0.15) is 11.1 Å². The summed E-state index contributed by atoms with van der Waals surface area (Å²) in [6, 6.07) is 5.51. The lowest BCUT2D eigenvalue weighted by molar-refractivity contribution is 0.208. The zero-order valence-electron chi connectivity index (χ0n) is 16.7. The van der Waals surface area contributed by atoms with E-state index in [4.69, 9.17) is 10.5 Å². The summed E-state index contributed by atoms with van der Waals surface area (Å²) < 4.78 is 5.22. The number of nitrogens with two attached hydrogens (primary N) is 1. The summed E-state index contributed by atoms with van der Waals surface area (Å²) in [5.74, 6) is 1.91. The number of carbonyl (C=O) groups excluding carboxylic acids is 1. The third-order valence-corrected chi connectivity index (χ3v) is 6.15. The van der Waals surface area contributed by atoms with E-state index in [2.05, 4.69) is 32.5 Å². The molecule has 4 rings (SSSR count). The molecule has 1 saturated heterocycles. The zero-order chi connectivity index (χ0) is 20.5. The molecule has 3 heterocycles. The van der Waals surface area contributed by atoms with Crippen molar-refractivity contribution in [3.63, 3.8) is 0 Å². The second-order valence-corrected chi connectivity index (χ2v) is 7.95. The van der Waals surface area contributed by atoms with Gasteiger partial charge in [-0.05, 0) is 48.6 Å². The van der Waals surface area contributed by atoms with E-state index < -0.39 is 0 Å². The molecule has 3 aromatic rings. The summed E-state index contributed by atoms with van der Waals surface area (Å²) in [6.07, 6.45) is 0. The molecule has 0 aliphatic carbocycles. The van der Waals surface area contributed by atoms with Gasteiger partial charge in [0.05, 0.1) is 12.5 Å². The van der Waals surface area contributed by atoms with Crippen LogP contribution in [0.5, 0.6) is 5.75 Å². The number of fused-ring (bicyclic) bond motifs is 1. The number of amides is 2. The summed E-state index contributed by atoms with van der Waals surface area (Å²) >= 11 is 1.58. The number of hydrogen-bond acceptors (Lipinski definition) is 7. The Labute approximate surface area is 173 Å². The number of carbonyl (C=O) groups is 1. The molecule has 0 spiro atoms. The number of piperazine rings is 1. The molecule has 3 N–H and O–H groups in total. The normalized spacial score (nSPS) is 14.3. The number of anilines is 3. The molecule has 8 nitrogen and oxygen atoms in total. The average Bonchev–Trinajstić information content (AvgIpc) is 3.09. The Balaban J connectivity index is 1.45. The average molecular weight is 413 g/mol. The number of urea groups is 1. The number of thiophene rings is 1. The molecule has 0 radical (unpaired) electrons. The first-order valence-corrected chi connectivity index (χ1v) is 10.3. The fourth-order valence-electron chi connectivity index (χ4n) is 3.53. The van der Waals surface area contributed by atoms with Crippen LogP contribution < -0.4 is 20.7 Å². The first kappa shape index (κ1) is 19.3. The maximum atomic E-state index is 12.7. The lowest BCUT2D eigenvalue weighted by Gasteiger charge is -2.35. The standard InChI is InChI=1S/C20H24N6O2S/c1-12-10-14(28-3)4-5-15(12)22-20(27)26-8-6-25(7-9-26)17-16-13(2)11-29-18(16)24-19(21)23-17/h4-5,10-11H,6-9H2,1-3H3,(H,22,27)(H2,21,23,24). The topological polar surface area (TPSA) is 96.6 Å². The highest BCUT2D eigenvalue weighted by Crippen LogP contribution is 2.32. The van der Waals surface area contributed by atoms with E-state index in [0.29, 0.717) is 26.2 Å². The van der Waals surface area contributed by atoms with Gasteiger partial charge in [0.1, 0.15) is 16.4 Å². The van der Waals surface area contributed by atoms with Crippen molar-refractivity contribution in [1.29, 1.82) is 0 Å². The van der Waals surface area contributed by atoms with E-state index in [1.54, 1.807) is 18.4 Å². The van der Waals surface area contributed by atoms with Gasteiger partial charge in [-0.1, -0.05) is 0 Å². The molecule has 1 fully saturated rings. The number of methoxy groups -OCH3 is 1. The molecule has 1 aromatic carbocycles. The third kappa shape index (κ3) is 3.77. The lowest BCUT2D eigenvalue weighted by Crippen LogP contribution is -2.50. The number of aromatic nitrogens is 2. The molecule has 1 aliphatic heterocycles. The number of benzene rings is 1. The quantitative estimate of drug-likeness (QED) is 0.685. The smallest absolute Gasteiger partial charge is 0.321 e. The Morgan fingerprint density at radius 3 is 2.62 bits per heavy atom. The Morgan fingerprint density at radius 2 is 1.93 bits per heavy atom. The van der Waals surface area contributed by atoms with Crippen LogP contribution in [0.2, 0.25) is 0 Å². The minimum Gasteiger partial charge on any atom is -0.497 e. The minimum atomic E-state index is -0.100. The van der Waals surface area contributed by atoms with Crippen LogP contribution in [-0.4, -0.2) is 54.2 Å². The molecule has 2 aromatic heterocycles. The van der Waals surface area contributed by atoms with Crippen molar-refractivity contribution < 1.29 is 9.53 Å². The van der Waals surface area contributed by atoms with Crippen molar-refractivity contribution in [2.45, 2.75) is 13.8 Å². The zero-order valence-corrected chi connectivity index (χ0v) is 17.5. The van der Waals surface area contributed by atoms with Gasteiger partial charge in [0.2, 0.25) is 5.95 Å². The third-order valence-electron chi connectivity index (χ3n) is 5.16. The lowest BCUT2D eigenvalue weighted by atomic mass is 10.2. The molecule has 1 aliphatic rings. The molecule has 0 unspecified atom stereocenters. The van der Waals surface area contributed by atoms with E-state index in [1.165, 1.54) is 0 Å². The predicted octanol–water partition coefficient (Wildman–Crippen LogP) is 3.25. The van der Waals surface area contributed by atoms with Gasteiger partial charge >= 0.3 is 6.03 Å². The number of nitrogen functional groups attached to an aromatic ring is 1. The summed E-state index contributed by atoms with van der Waals surface area (Å²) in [4.78, 5) is 26.5. The molecule has 0 bridgehead atoms. The largest absolute Gasteiger partial charge is 0.497 e. The SMILES string of the molecule is COc1ccc(NC(=O)N2CCN(c3nc(N)nc4scc(C)c34)CC2)c(C)c1. The maximum absolute atomic E-state index is 12.7. The van der Waals surface area contributed by atoms with Crippen LogP contribution in [-0.2, 0) is 0 Å². The molecule has 152 valence electrons. The van der Waals surface area contributed by atoms with Crippen molar-refractivity contribution in [2.24, 2.45) is 0 Å². The van der Waals surface area contributed by atoms with E-state index in [-0.39, 0.29) is 12.0 Å². The van der Waals surface area contributed by atoms with Crippen LogP contribution in [0.15, 0.2) is 23.6 Å². The number of nitrogens with one attached hydrogen (secondary N) is 1. The second kappa shape index (κ2) is 7.75. The minimum absolute atomic E-state index is 0.100. The molecule has 2 amide bonds. The van der Waals surface area contributed by atoms with Crippen molar-refractivity contribution in [3.8, 4) is 5.75 Å². The number of ether oxygens (including phenoxy) is 1. The van der Waals surface area contributed by atoms with E-state index >= 15 is 0 Å². The molecule has 9 heteroatoms. The first-order valence-electron chi connectivity index (χ1n) is 9.43. The van der Waals surface area contributed by atoms with Gasteiger partial charge in [0.25, 0.3) is 0 Å². The van der Waals surface area contributed by atoms with Crippen LogP contribution in [0, 0.1) is 13.8 Å². The van der Waals surface area contributed by atoms with Crippen molar-refractivity contribution in [2.75, 3.05) is 49.2 Å². The molecular weight excluding hydrogens is 388 g/mol. The van der Waals surface area contributed by atoms with Crippen LogP contribution in [0.3, 0.4) is 0 Å². The van der Waals surface area contributed by atoms with E-state index in [9.17, 15) is 4.79 Å². The summed E-state index contributed by atoms with van der Waals surface area (Å²) in [6.45, 7) is 6.60. The molecule has 29 heavy (non-hydrogen) atoms. The van der Waals surface area contributed by atoms with E-state index in [1.807, 2.05) is 30.0 Å². The van der Waals surface area contributed by atoms with Crippen molar-refractivity contribution in [3.05, 3.63) is 34.7 Å². The monoisotopic (exact) mass is 412 g/mol. The predicted molar refractivity (Wildman–Crippen MR) is 117 cm³/mol. The molecule has 0 saturated carbocycles. The first-order chi connectivity index (χ1) is 14.0. The Kier molecular flexibility index (Phi) is 5.14. The van der Waals surface area contributed by atoms with Gasteiger partial charge in [-0.3, -0.25) is 0 Å². The van der Waals surface area contributed by atoms with Gasteiger partial charge in [0.15, 0.2) is 0 Å². The maximum Gasteiger partial charge on any atom is 0.321 e. The highest BCUT2D eigenvalue weighted by atomic mass is 32.1. The molecular formula is C20H24N6O2S. The second-order valence-electron chi connectivity index (χ2n) is 7.09. The Hall–Kier alpha value is -3.07. The Bertz CT molecular complexity index is 1060. The van der Waals surface area contributed by atoms with Crippen LogP contribution >= 0.6 is 11.3 Å². The summed E-state index contributed by atoms with van der Waals surface area (Å²) in [7, 11) is 1.63. The highest BCUT2D eigenvalue weighted by Gasteiger charge is 2.25. The highest BCUT2D eigenvalue weighted by molar-refractivity contribution is 7.17. The van der Waals surface area contributed by atoms with Gasteiger partial charge in [-0.25, -0.2) is 9.78 Å². The number of nitrogens with zero attached hydrogens (tertiary/aromatic N) is 4. The van der Waals surface area contributed by atoms with Crippen LogP contribution in [0.4, 0.5) is 22.2 Å². The summed E-state index contributed by atoms with van der Waals surface area (Å²) in [5, 5.41) is 6.12.